The molecule has 0 atom stereocenters. The molecule has 0 spiro atoms. The van der Waals surface area contributed by atoms with E-state index in [1.807, 2.05) is 0 Å². The normalized spacial score (nSPS) is 11.0. The summed E-state index contributed by atoms with van der Waals surface area (Å²) in [6, 6.07) is 11.0. The summed E-state index contributed by atoms with van der Waals surface area (Å²) in [5, 5.41) is 18.5. The number of nitrogens with zero attached hydrogens (tertiary/aromatic N) is 4. The maximum Gasteiger partial charge on any atom is 0.101 e. The van der Waals surface area contributed by atoms with Crippen molar-refractivity contribution in [3.05, 3.63) is 60.2 Å². The van der Waals surface area contributed by atoms with Crippen LogP contribution in [0.5, 0.6) is 0 Å². The molecule has 2 rings (SSSR count). The van der Waals surface area contributed by atoms with Crippen molar-refractivity contribution in [3.8, 4) is 12.1 Å². The molecule has 0 unspecified atom stereocenters. The van der Waals surface area contributed by atoms with E-state index in [1.165, 1.54) is 0 Å². The minimum atomic E-state index is 0.339. The molecule has 0 bridgehead atoms. The van der Waals surface area contributed by atoms with Crippen LogP contribution >= 0.6 is 0 Å². The maximum absolute atomic E-state index is 9.25. The second-order valence-corrected chi connectivity index (χ2v) is 3.45. The summed E-state index contributed by atoms with van der Waals surface area (Å²) in [7, 11) is 0. The minimum absolute atomic E-state index is 0.339. The van der Waals surface area contributed by atoms with Crippen molar-refractivity contribution in [2.45, 2.75) is 0 Å². The van der Waals surface area contributed by atoms with Crippen LogP contribution in [0.15, 0.2) is 49.1 Å². The van der Waals surface area contributed by atoms with E-state index in [4.69, 9.17) is 0 Å². The van der Waals surface area contributed by atoms with Gasteiger partial charge < -0.3 is 0 Å². The predicted octanol–water partition coefficient (Wildman–Crippen LogP) is 2.43. The Morgan fingerprint density at radius 3 is 1.33 bits per heavy atom. The van der Waals surface area contributed by atoms with Gasteiger partial charge in [0.05, 0.1) is 11.1 Å². The number of pyridine rings is 2. The van der Waals surface area contributed by atoms with E-state index in [0.29, 0.717) is 22.3 Å². The lowest BCUT2D eigenvalue weighted by atomic mass is 9.98. The van der Waals surface area contributed by atoms with Crippen LogP contribution in [0.2, 0.25) is 0 Å². The fourth-order valence-electron chi connectivity index (χ4n) is 1.57. The first-order valence-electron chi connectivity index (χ1n) is 5.22. The van der Waals surface area contributed by atoms with Crippen molar-refractivity contribution in [1.82, 2.24) is 9.97 Å². The fourth-order valence-corrected chi connectivity index (χ4v) is 1.57. The van der Waals surface area contributed by atoms with Gasteiger partial charge in [-0.15, -0.1) is 0 Å². The standard InChI is InChI=1S/C14H8N4/c15-9-13(11-1-5-17-6-2-11)14(10-16)12-3-7-18-8-4-12/h1-8H/b14-13-. The highest BCUT2D eigenvalue weighted by Gasteiger charge is 2.10. The van der Waals surface area contributed by atoms with Crippen LogP contribution in [0.25, 0.3) is 11.1 Å². The first-order chi connectivity index (χ1) is 8.86. The Balaban J connectivity index is 2.63. The first-order valence-corrected chi connectivity index (χ1v) is 5.22. The summed E-state index contributed by atoms with van der Waals surface area (Å²) < 4.78 is 0. The summed E-state index contributed by atoms with van der Waals surface area (Å²) in [5.74, 6) is 0. The van der Waals surface area contributed by atoms with Crippen molar-refractivity contribution in [3.63, 3.8) is 0 Å². The third-order valence-electron chi connectivity index (χ3n) is 2.41. The van der Waals surface area contributed by atoms with E-state index in [2.05, 4.69) is 22.1 Å². The van der Waals surface area contributed by atoms with Crippen LogP contribution in [-0.4, -0.2) is 9.97 Å². The van der Waals surface area contributed by atoms with Gasteiger partial charge in [-0.25, -0.2) is 0 Å². The van der Waals surface area contributed by atoms with Gasteiger partial charge in [-0.05, 0) is 35.4 Å². The highest BCUT2D eigenvalue weighted by Crippen LogP contribution is 2.24. The molecule has 0 amide bonds. The van der Waals surface area contributed by atoms with E-state index in [9.17, 15) is 10.5 Å². The largest absolute Gasteiger partial charge is 0.265 e. The van der Waals surface area contributed by atoms with Crippen molar-refractivity contribution < 1.29 is 0 Å². The number of hydrogen-bond acceptors (Lipinski definition) is 4. The van der Waals surface area contributed by atoms with Gasteiger partial charge >= 0.3 is 0 Å². The van der Waals surface area contributed by atoms with Gasteiger partial charge in [0, 0.05) is 24.8 Å². The number of nitriles is 2. The second kappa shape index (κ2) is 5.38. The van der Waals surface area contributed by atoms with E-state index in [1.54, 1.807) is 49.1 Å². The molecule has 0 aliphatic carbocycles. The second-order valence-electron chi connectivity index (χ2n) is 3.45. The number of hydrogen-bond donors (Lipinski definition) is 0. The van der Waals surface area contributed by atoms with Crippen LogP contribution in [0.3, 0.4) is 0 Å². The Kier molecular flexibility index (Phi) is 3.44. The molecule has 0 aliphatic heterocycles. The molecule has 2 heterocycles. The maximum atomic E-state index is 9.25. The smallest absolute Gasteiger partial charge is 0.101 e. The van der Waals surface area contributed by atoms with E-state index in [0.717, 1.165) is 0 Å². The van der Waals surface area contributed by atoms with Gasteiger partial charge in [0.25, 0.3) is 0 Å². The molecule has 0 radical (unpaired) electrons. The summed E-state index contributed by atoms with van der Waals surface area (Å²) in [4.78, 5) is 7.79. The van der Waals surface area contributed by atoms with Crippen molar-refractivity contribution in [2.24, 2.45) is 0 Å². The minimum Gasteiger partial charge on any atom is -0.265 e. The molecule has 0 aliphatic rings. The Morgan fingerprint density at radius 1 is 0.722 bits per heavy atom. The van der Waals surface area contributed by atoms with Crippen LogP contribution in [-0.2, 0) is 0 Å². The zero-order chi connectivity index (χ0) is 12.8. The number of allylic oxidation sites excluding steroid dienone is 2. The molecule has 0 saturated carbocycles. The van der Waals surface area contributed by atoms with Gasteiger partial charge in [-0.3, -0.25) is 9.97 Å². The van der Waals surface area contributed by atoms with Gasteiger partial charge in [-0.2, -0.15) is 10.5 Å². The lowest BCUT2D eigenvalue weighted by Gasteiger charge is -2.03. The Hall–Kier alpha value is -2.98. The third kappa shape index (κ3) is 2.23. The average molecular weight is 232 g/mol. The van der Waals surface area contributed by atoms with E-state index in [-0.39, 0.29) is 0 Å². The highest BCUT2D eigenvalue weighted by atomic mass is 14.6. The van der Waals surface area contributed by atoms with E-state index < -0.39 is 0 Å². The first kappa shape index (κ1) is 11.5. The van der Waals surface area contributed by atoms with E-state index >= 15 is 0 Å². The topological polar surface area (TPSA) is 73.4 Å². The predicted molar refractivity (Wildman–Crippen MR) is 66.5 cm³/mol. The zero-order valence-electron chi connectivity index (χ0n) is 9.41. The van der Waals surface area contributed by atoms with Crippen molar-refractivity contribution in [1.29, 1.82) is 10.5 Å². The Labute approximate surface area is 104 Å². The molecule has 4 heteroatoms. The van der Waals surface area contributed by atoms with Gasteiger partial charge in [-0.1, -0.05) is 0 Å². The quantitative estimate of drug-likeness (QED) is 0.745. The van der Waals surface area contributed by atoms with Gasteiger partial charge in [0.2, 0.25) is 0 Å². The zero-order valence-corrected chi connectivity index (χ0v) is 9.41. The van der Waals surface area contributed by atoms with Crippen LogP contribution < -0.4 is 0 Å². The van der Waals surface area contributed by atoms with Gasteiger partial charge in [0.1, 0.15) is 12.1 Å². The molecule has 2 aromatic heterocycles. The Bertz CT molecular complexity index is 586. The molecular weight excluding hydrogens is 224 g/mol. The molecule has 2 aromatic rings. The number of aromatic nitrogens is 2. The van der Waals surface area contributed by atoms with Crippen LogP contribution in [0.1, 0.15) is 11.1 Å². The van der Waals surface area contributed by atoms with Crippen LogP contribution in [0, 0.1) is 22.7 Å². The fraction of sp³-hybridized carbons (Fsp3) is 0. The average Bonchev–Trinajstić information content (AvgIpc) is 2.46. The highest BCUT2D eigenvalue weighted by molar-refractivity contribution is 6.02. The molecule has 0 aromatic carbocycles. The van der Waals surface area contributed by atoms with Gasteiger partial charge in [0.15, 0.2) is 0 Å². The molecular formula is C14H8N4. The van der Waals surface area contributed by atoms with Crippen LogP contribution in [0.4, 0.5) is 0 Å². The van der Waals surface area contributed by atoms with Crippen molar-refractivity contribution in [2.75, 3.05) is 0 Å². The molecule has 4 nitrogen and oxygen atoms in total. The summed E-state index contributed by atoms with van der Waals surface area (Å²) in [5.41, 5.74) is 2.04. The molecule has 18 heavy (non-hydrogen) atoms. The summed E-state index contributed by atoms with van der Waals surface area (Å²) in [6.45, 7) is 0. The summed E-state index contributed by atoms with van der Waals surface area (Å²) in [6.07, 6.45) is 6.37. The number of rotatable bonds is 2. The molecule has 0 fully saturated rings. The lowest BCUT2D eigenvalue weighted by molar-refractivity contribution is 1.31. The monoisotopic (exact) mass is 232 g/mol. The third-order valence-corrected chi connectivity index (χ3v) is 2.41. The molecule has 84 valence electrons. The van der Waals surface area contributed by atoms with Crippen molar-refractivity contribution >= 4 is 11.1 Å². The SMILES string of the molecule is N#C/C(=C(\C#N)c1ccncc1)c1ccncc1. The summed E-state index contributed by atoms with van der Waals surface area (Å²) >= 11 is 0. The molecule has 0 saturated heterocycles. The lowest BCUT2D eigenvalue weighted by Crippen LogP contribution is -1.90. The molecule has 0 N–H and O–H groups in total. The Morgan fingerprint density at radius 2 is 1.06 bits per heavy atom.